The molecule has 5 rings (SSSR count). The lowest BCUT2D eigenvalue weighted by Gasteiger charge is -2.47. The first kappa shape index (κ1) is 41.5. The summed E-state index contributed by atoms with van der Waals surface area (Å²) in [5, 5.41) is 103. The van der Waals surface area contributed by atoms with E-state index in [4.69, 9.17) is 37.9 Å². The van der Waals surface area contributed by atoms with E-state index in [-0.39, 0.29) is 36.0 Å². The van der Waals surface area contributed by atoms with Gasteiger partial charge in [0.2, 0.25) is 0 Å². The second kappa shape index (κ2) is 18.3. The maximum absolute atomic E-state index is 13.3. The van der Waals surface area contributed by atoms with Gasteiger partial charge in [0.25, 0.3) is 0 Å². The minimum absolute atomic E-state index is 0.130. The largest absolute Gasteiger partial charge is 0.504 e. The summed E-state index contributed by atoms with van der Waals surface area (Å²) in [5.41, 5.74) is 0.964. The monoisotopic (exact) mass is 770 g/mol. The standard InChI is InChI=1S/C35H46O19/c1-15-25(41)27(43)29(45)35(51-15)54-32-30(46)34(48-10-9-17-3-6-18(36)20(38)11-17)52-23(14-50-33-28(44)26(42)21(39)13-49-33)31(32)53-24(40)8-5-16-4-7-19(37)22(12-16)47-2/h3-8,11-12,15,21,23,25-39,41-46H,9-10,13-14H2,1-2H3/b8-5-/t15-,21-,23+,25-,26-,27+,28+,29+,30+,31+,32+,33+,34+,35-/m0/s1. The maximum atomic E-state index is 13.3. The Morgan fingerprint density at radius 2 is 1.50 bits per heavy atom. The van der Waals surface area contributed by atoms with Crippen molar-refractivity contribution >= 4 is 12.0 Å². The van der Waals surface area contributed by atoms with Gasteiger partial charge in [-0.3, -0.25) is 0 Å². The fourth-order valence-electron chi connectivity index (χ4n) is 6.01. The molecule has 3 saturated heterocycles. The number of aromatic hydroxyl groups is 3. The molecule has 3 fully saturated rings. The number of aliphatic hydroxyl groups excluding tert-OH is 7. The van der Waals surface area contributed by atoms with Gasteiger partial charge < -0.3 is 89.0 Å². The molecule has 19 heteroatoms. The molecule has 2 aromatic rings. The molecule has 0 radical (unpaired) electrons. The molecular weight excluding hydrogens is 724 g/mol. The van der Waals surface area contributed by atoms with E-state index in [0.29, 0.717) is 11.1 Å². The molecule has 54 heavy (non-hydrogen) atoms. The molecule has 19 nitrogen and oxygen atoms in total. The van der Waals surface area contributed by atoms with Crippen LogP contribution >= 0.6 is 0 Å². The Bertz CT molecular complexity index is 1570. The lowest BCUT2D eigenvalue weighted by Crippen LogP contribution is -2.65. The summed E-state index contributed by atoms with van der Waals surface area (Å²) in [5.74, 6) is -1.72. The van der Waals surface area contributed by atoms with Gasteiger partial charge in [-0.25, -0.2) is 4.79 Å². The number of phenols is 3. The molecular formula is C35H46O19. The minimum atomic E-state index is -1.85. The fraction of sp³-hybridized carbons (Fsp3) is 0.571. The highest BCUT2D eigenvalue weighted by atomic mass is 16.8. The van der Waals surface area contributed by atoms with E-state index in [1.165, 1.54) is 56.5 Å². The predicted molar refractivity (Wildman–Crippen MR) is 179 cm³/mol. The molecule has 10 N–H and O–H groups in total. The van der Waals surface area contributed by atoms with Crippen molar-refractivity contribution in [3.8, 4) is 23.0 Å². The van der Waals surface area contributed by atoms with Crippen LogP contribution in [0.25, 0.3) is 6.08 Å². The van der Waals surface area contributed by atoms with Gasteiger partial charge in [-0.15, -0.1) is 0 Å². The lowest BCUT2D eigenvalue weighted by molar-refractivity contribution is -0.362. The van der Waals surface area contributed by atoms with Crippen LogP contribution in [0.15, 0.2) is 42.5 Å². The molecule has 0 saturated carbocycles. The van der Waals surface area contributed by atoms with Crippen molar-refractivity contribution in [3.05, 3.63) is 53.6 Å². The molecule has 0 spiro atoms. The van der Waals surface area contributed by atoms with Crippen LogP contribution in [0.5, 0.6) is 23.0 Å². The number of carbonyl (C=O) groups is 1. The van der Waals surface area contributed by atoms with Gasteiger partial charge >= 0.3 is 5.97 Å². The molecule has 0 aromatic heterocycles. The van der Waals surface area contributed by atoms with Crippen LogP contribution in [0.2, 0.25) is 0 Å². The summed E-state index contributed by atoms with van der Waals surface area (Å²) in [6.07, 6.45) is -19.6. The molecule has 0 unspecified atom stereocenters. The summed E-state index contributed by atoms with van der Waals surface area (Å²) in [7, 11) is 1.34. The number of hydrogen-bond donors (Lipinski definition) is 10. The first-order chi connectivity index (χ1) is 25.7. The predicted octanol–water partition coefficient (Wildman–Crippen LogP) is -2.25. The number of rotatable bonds is 13. The number of phenolic OH excluding ortho intramolecular Hbond substituents is 3. The smallest absolute Gasteiger partial charge is 0.331 e. The number of carbonyl (C=O) groups excluding carboxylic acids is 1. The van der Waals surface area contributed by atoms with Gasteiger partial charge in [0.1, 0.15) is 54.9 Å². The van der Waals surface area contributed by atoms with Crippen molar-refractivity contribution in [1.82, 2.24) is 0 Å². The van der Waals surface area contributed by atoms with E-state index in [0.717, 1.165) is 6.08 Å². The van der Waals surface area contributed by atoms with Crippen molar-refractivity contribution in [2.75, 3.05) is 26.9 Å². The molecule has 300 valence electrons. The highest BCUT2D eigenvalue weighted by Crippen LogP contribution is 2.33. The average Bonchev–Trinajstić information content (AvgIpc) is 3.15. The van der Waals surface area contributed by atoms with Crippen LogP contribution in [0.3, 0.4) is 0 Å². The molecule has 3 aliphatic heterocycles. The topological polar surface area (TPSA) is 293 Å². The highest BCUT2D eigenvalue weighted by Gasteiger charge is 2.53. The second-order valence-corrected chi connectivity index (χ2v) is 13.0. The van der Waals surface area contributed by atoms with Gasteiger partial charge in [0, 0.05) is 6.08 Å². The van der Waals surface area contributed by atoms with Gasteiger partial charge in [0.05, 0.1) is 33.0 Å². The van der Waals surface area contributed by atoms with E-state index < -0.39 is 105 Å². The van der Waals surface area contributed by atoms with Crippen LogP contribution in [0.1, 0.15) is 18.1 Å². The van der Waals surface area contributed by atoms with Gasteiger partial charge in [-0.1, -0.05) is 12.1 Å². The molecule has 3 aliphatic rings. The van der Waals surface area contributed by atoms with Crippen molar-refractivity contribution in [1.29, 1.82) is 0 Å². The molecule has 0 amide bonds. The summed E-state index contributed by atoms with van der Waals surface area (Å²) >= 11 is 0. The van der Waals surface area contributed by atoms with Crippen LogP contribution < -0.4 is 4.74 Å². The van der Waals surface area contributed by atoms with Gasteiger partial charge in [-0.05, 0) is 54.8 Å². The number of methoxy groups -OCH3 is 1. The highest BCUT2D eigenvalue weighted by molar-refractivity contribution is 5.87. The third-order valence-corrected chi connectivity index (χ3v) is 9.17. The normalized spacial score (nSPS) is 35.9. The van der Waals surface area contributed by atoms with Crippen molar-refractivity contribution in [2.45, 2.75) is 99.4 Å². The van der Waals surface area contributed by atoms with Gasteiger partial charge in [0.15, 0.2) is 48.0 Å². The Morgan fingerprint density at radius 3 is 2.22 bits per heavy atom. The molecule has 0 aliphatic carbocycles. The molecule has 2 aromatic carbocycles. The third-order valence-electron chi connectivity index (χ3n) is 9.17. The average molecular weight is 771 g/mol. The zero-order valence-corrected chi connectivity index (χ0v) is 29.2. The zero-order valence-electron chi connectivity index (χ0n) is 29.2. The van der Waals surface area contributed by atoms with E-state index in [1.807, 2.05) is 0 Å². The van der Waals surface area contributed by atoms with E-state index in [9.17, 15) is 55.9 Å². The number of aliphatic hydroxyl groups is 7. The summed E-state index contributed by atoms with van der Waals surface area (Å²) in [6, 6.07) is 8.39. The zero-order chi connectivity index (χ0) is 39.3. The summed E-state index contributed by atoms with van der Waals surface area (Å²) in [6.45, 7) is 0.285. The quantitative estimate of drug-likeness (QED) is 0.0585. The molecule has 0 bridgehead atoms. The van der Waals surface area contributed by atoms with Crippen LogP contribution in [-0.2, 0) is 44.4 Å². The first-order valence-electron chi connectivity index (χ1n) is 17.0. The van der Waals surface area contributed by atoms with Crippen LogP contribution in [0.4, 0.5) is 0 Å². The summed E-state index contributed by atoms with van der Waals surface area (Å²) in [4.78, 5) is 13.3. The first-order valence-corrected chi connectivity index (χ1v) is 17.0. The van der Waals surface area contributed by atoms with Gasteiger partial charge in [-0.2, -0.15) is 0 Å². The number of ether oxygens (including phenoxy) is 8. The van der Waals surface area contributed by atoms with Crippen molar-refractivity contribution < 1.29 is 93.8 Å². The Kier molecular flexibility index (Phi) is 14.1. The van der Waals surface area contributed by atoms with Crippen molar-refractivity contribution in [2.24, 2.45) is 0 Å². The number of benzene rings is 2. The van der Waals surface area contributed by atoms with E-state index >= 15 is 0 Å². The van der Waals surface area contributed by atoms with E-state index in [1.54, 1.807) is 0 Å². The second-order valence-electron chi connectivity index (χ2n) is 13.0. The lowest BCUT2D eigenvalue weighted by atomic mass is 9.96. The van der Waals surface area contributed by atoms with E-state index in [2.05, 4.69) is 0 Å². The molecule has 14 atom stereocenters. The van der Waals surface area contributed by atoms with Crippen LogP contribution in [-0.4, -0.2) is 170 Å². The number of esters is 1. The Balaban J connectivity index is 1.42. The Hall–Kier alpha value is -3.67. The SMILES string of the molecule is COc1cc(/C=C\C(=O)O[C@H]2[C@H](O[C@@H]3O[C@@H](C)[C@H](O)[C@@H](O)[C@H]3O)[C@@H](O)[C@H](OCCc3ccc(O)c(O)c3)O[C@@H]2CO[C@H]2OC[C@H](O)[C@H](O)[C@H]2O)ccc1O. The number of hydrogen-bond acceptors (Lipinski definition) is 19. The molecule has 3 heterocycles. The maximum Gasteiger partial charge on any atom is 0.331 e. The minimum Gasteiger partial charge on any atom is -0.504 e. The van der Waals surface area contributed by atoms with Crippen molar-refractivity contribution in [3.63, 3.8) is 0 Å². The van der Waals surface area contributed by atoms with Crippen LogP contribution in [0, 0.1) is 0 Å². The third kappa shape index (κ3) is 9.76. The Morgan fingerprint density at radius 1 is 0.778 bits per heavy atom. The Labute approximate surface area is 308 Å². The fourth-order valence-corrected chi connectivity index (χ4v) is 6.01. The summed E-state index contributed by atoms with van der Waals surface area (Å²) < 4.78 is 45.4.